The first-order chi connectivity index (χ1) is 6.84. The van der Waals surface area contributed by atoms with Crippen molar-refractivity contribution in [2.45, 2.75) is 51.7 Å². The standard InChI is InChI=1S/C13H22OS/c1-9-6-5-7-13(3,4)12(9)11(15)8-10(2)14/h11-12,15H,1,5-8H2,2-4H3. The molecule has 2 heteroatoms. The van der Waals surface area contributed by atoms with Crippen LogP contribution in [0.25, 0.3) is 0 Å². The summed E-state index contributed by atoms with van der Waals surface area (Å²) in [6.45, 7) is 10.3. The highest BCUT2D eigenvalue weighted by Gasteiger charge is 2.38. The zero-order valence-electron chi connectivity index (χ0n) is 10.0. The van der Waals surface area contributed by atoms with Crippen molar-refractivity contribution >= 4 is 18.4 Å². The first-order valence-corrected chi connectivity index (χ1v) is 6.21. The summed E-state index contributed by atoms with van der Waals surface area (Å²) in [6, 6.07) is 0. The van der Waals surface area contributed by atoms with E-state index in [-0.39, 0.29) is 16.4 Å². The molecule has 0 aromatic carbocycles. The number of hydrogen-bond acceptors (Lipinski definition) is 2. The molecule has 2 atom stereocenters. The molecule has 1 saturated carbocycles. The van der Waals surface area contributed by atoms with Crippen molar-refractivity contribution in [3.05, 3.63) is 12.2 Å². The van der Waals surface area contributed by atoms with Crippen molar-refractivity contribution in [3.63, 3.8) is 0 Å². The number of rotatable bonds is 3. The molecule has 1 aliphatic rings. The molecule has 0 aromatic rings. The van der Waals surface area contributed by atoms with E-state index in [9.17, 15) is 4.79 Å². The van der Waals surface area contributed by atoms with Crippen molar-refractivity contribution in [1.29, 1.82) is 0 Å². The Kier molecular flexibility index (Phi) is 4.05. The Hall–Kier alpha value is -0.240. The molecule has 0 bridgehead atoms. The van der Waals surface area contributed by atoms with Gasteiger partial charge in [-0.25, -0.2) is 0 Å². The van der Waals surface area contributed by atoms with Crippen LogP contribution in [0.15, 0.2) is 12.2 Å². The Morgan fingerprint density at radius 3 is 2.73 bits per heavy atom. The highest BCUT2D eigenvalue weighted by atomic mass is 32.1. The third kappa shape index (κ3) is 3.10. The maximum atomic E-state index is 11.1. The van der Waals surface area contributed by atoms with E-state index < -0.39 is 0 Å². The first kappa shape index (κ1) is 12.8. The van der Waals surface area contributed by atoms with Gasteiger partial charge in [-0.3, -0.25) is 4.79 Å². The summed E-state index contributed by atoms with van der Waals surface area (Å²) in [5.41, 5.74) is 1.53. The zero-order valence-corrected chi connectivity index (χ0v) is 10.9. The maximum absolute atomic E-state index is 11.1. The Morgan fingerprint density at radius 1 is 1.67 bits per heavy atom. The average molecular weight is 226 g/mol. The summed E-state index contributed by atoms with van der Waals surface area (Å²) in [7, 11) is 0. The summed E-state index contributed by atoms with van der Waals surface area (Å²) in [6.07, 6.45) is 4.11. The first-order valence-electron chi connectivity index (χ1n) is 5.70. The molecule has 1 nitrogen and oxygen atoms in total. The van der Waals surface area contributed by atoms with Crippen LogP contribution in [0.3, 0.4) is 0 Å². The van der Waals surface area contributed by atoms with Gasteiger partial charge >= 0.3 is 0 Å². The van der Waals surface area contributed by atoms with E-state index in [1.165, 1.54) is 18.4 Å². The minimum Gasteiger partial charge on any atom is -0.300 e. The van der Waals surface area contributed by atoms with Crippen molar-refractivity contribution in [1.82, 2.24) is 0 Å². The fraction of sp³-hybridized carbons (Fsp3) is 0.769. The molecule has 2 unspecified atom stereocenters. The van der Waals surface area contributed by atoms with Crippen LogP contribution >= 0.6 is 12.6 Å². The van der Waals surface area contributed by atoms with Gasteiger partial charge in [-0.1, -0.05) is 26.0 Å². The SMILES string of the molecule is C=C1CCCC(C)(C)C1C(S)CC(C)=O. The second-order valence-corrected chi connectivity index (χ2v) is 6.11. The number of Topliss-reactive ketones (excluding diaryl/α,β-unsaturated/α-hetero) is 1. The molecule has 0 aromatic heterocycles. The van der Waals surface area contributed by atoms with Crippen molar-refractivity contribution in [3.8, 4) is 0 Å². The van der Waals surface area contributed by atoms with E-state index in [4.69, 9.17) is 0 Å². The van der Waals surface area contributed by atoms with Crippen molar-refractivity contribution in [2.24, 2.45) is 11.3 Å². The number of ketones is 1. The number of carbonyl (C=O) groups excluding carboxylic acids is 1. The Morgan fingerprint density at radius 2 is 2.27 bits per heavy atom. The summed E-state index contributed by atoms with van der Waals surface area (Å²) in [5.74, 6) is 0.614. The van der Waals surface area contributed by atoms with E-state index in [1.54, 1.807) is 6.92 Å². The molecular formula is C13H22OS. The average Bonchev–Trinajstić information content (AvgIpc) is 1.99. The summed E-state index contributed by atoms with van der Waals surface area (Å²) in [5, 5.41) is 0.144. The predicted molar refractivity (Wildman–Crippen MR) is 68.3 cm³/mol. The van der Waals surface area contributed by atoms with Gasteiger partial charge in [-0.15, -0.1) is 0 Å². The van der Waals surface area contributed by atoms with Crippen LogP contribution in [0.2, 0.25) is 0 Å². The molecule has 86 valence electrons. The highest BCUT2D eigenvalue weighted by Crippen LogP contribution is 2.46. The molecule has 1 fully saturated rings. The van der Waals surface area contributed by atoms with Gasteiger partial charge in [-0.2, -0.15) is 12.6 Å². The summed E-state index contributed by atoms with van der Waals surface area (Å²) in [4.78, 5) is 11.1. The molecule has 0 amide bonds. The third-order valence-corrected chi connectivity index (χ3v) is 3.96. The second kappa shape index (κ2) is 4.73. The molecule has 15 heavy (non-hydrogen) atoms. The largest absolute Gasteiger partial charge is 0.300 e. The van der Waals surface area contributed by atoms with Crippen molar-refractivity contribution < 1.29 is 4.79 Å². The molecule has 1 rings (SSSR count). The van der Waals surface area contributed by atoms with Gasteiger partial charge < -0.3 is 0 Å². The lowest BCUT2D eigenvalue weighted by Crippen LogP contribution is -2.36. The van der Waals surface area contributed by atoms with E-state index in [2.05, 4.69) is 33.1 Å². The van der Waals surface area contributed by atoms with Crippen LogP contribution in [-0.2, 0) is 4.79 Å². The van der Waals surface area contributed by atoms with Gasteiger partial charge in [0, 0.05) is 11.7 Å². The zero-order chi connectivity index (χ0) is 11.6. The smallest absolute Gasteiger partial charge is 0.130 e. The monoisotopic (exact) mass is 226 g/mol. The van der Waals surface area contributed by atoms with E-state index in [0.717, 1.165) is 6.42 Å². The molecule has 0 spiro atoms. The van der Waals surface area contributed by atoms with Crippen LogP contribution in [-0.4, -0.2) is 11.0 Å². The normalized spacial score (nSPS) is 27.5. The van der Waals surface area contributed by atoms with Gasteiger partial charge in [0.1, 0.15) is 5.78 Å². The molecule has 0 heterocycles. The van der Waals surface area contributed by atoms with Crippen LogP contribution in [0.1, 0.15) is 46.5 Å². The molecule has 0 aliphatic heterocycles. The molecular weight excluding hydrogens is 204 g/mol. The van der Waals surface area contributed by atoms with E-state index >= 15 is 0 Å². The lowest BCUT2D eigenvalue weighted by atomic mass is 9.65. The number of allylic oxidation sites excluding steroid dienone is 1. The predicted octanol–water partition coefficient (Wildman–Crippen LogP) is 3.65. The molecule has 0 radical (unpaired) electrons. The van der Waals surface area contributed by atoms with Crippen LogP contribution < -0.4 is 0 Å². The third-order valence-electron chi connectivity index (χ3n) is 3.48. The highest BCUT2D eigenvalue weighted by molar-refractivity contribution is 7.81. The Bertz CT molecular complexity index is 268. The maximum Gasteiger partial charge on any atom is 0.130 e. The fourth-order valence-corrected chi connectivity index (χ4v) is 3.71. The summed E-state index contributed by atoms with van der Waals surface area (Å²) < 4.78 is 0. The van der Waals surface area contributed by atoms with Crippen molar-refractivity contribution in [2.75, 3.05) is 0 Å². The second-order valence-electron chi connectivity index (χ2n) is 5.45. The quantitative estimate of drug-likeness (QED) is 0.574. The van der Waals surface area contributed by atoms with Gasteiger partial charge in [0.15, 0.2) is 0 Å². The molecule has 0 N–H and O–H groups in total. The Labute approximate surface area is 98.7 Å². The Balaban J connectivity index is 2.78. The molecule has 1 aliphatic carbocycles. The number of carbonyl (C=O) groups is 1. The van der Waals surface area contributed by atoms with Gasteiger partial charge in [0.05, 0.1) is 0 Å². The minimum absolute atomic E-state index is 0.144. The lowest BCUT2D eigenvalue weighted by Gasteiger charge is -2.43. The van der Waals surface area contributed by atoms with Crippen LogP contribution in [0.5, 0.6) is 0 Å². The lowest BCUT2D eigenvalue weighted by molar-refractivity contribution is -0.117. The van der Waals surface area contributed by atoms with Crippen LogP contribution in [0, 0.1) is 11.3 Å². The minimum atomic E-state index is 0.144. The van der Waals surface area contributed by atoms with Gasteiger partial charge in [0.2, 0.25) is 0 Å². The van der Waals surface area contributed by atoms with Gasteiger partial charge in [-0.05, 0) is 37.5 Å². The topological polar surface area (TPSA) is 17.1 Å². The van der Waals surface area contributed by atoms with E-state index in [1.807, 2.05) is 0 Å². The number of hydrogen-bond donors (Lipinski definition) is 1. The van der Waals surface area contributed by atoms with Crippen LogP contribution in [0.4, 0.5) is 0 Å². The molecule has 0 saturated heterocycles. The fourth-order valence-electron chi connectivity index (χ4n) is 2.84. The van der Waals surface area contributed by atoms with E-state index in [0.29, 0.717) is 12.3 Å². The van der Waals surface area contributed by atoms with Gasteiger partial charge in [0.25, 0.3) is 0 Å². The summed E-state index contributed by atoms with van der Waals surface area (Å²) >= 11 is 4.60. The number of thiol groups is 1.